The summed E-state index contributed by atoms with van der Waals surface area (Å²) in [6.45, 7) is 0. The molecule has 0 amide bonds. The van der Waals surface area contributed by atoms with E-state index < -0.39 is 0 Å². The Morgan fingerprint density at radius 1 is 1.40 bits per heavy atom. The lowest BCUT2D eigenvalue weighted by atomic mass is 9.81. The Labute approximate surface area is 100.0 Å². The molecule has 1 unspecified atom stereocenters. The number of hydrogen-bond acceptors (Lipinski definition) is 1. The normalized spacial score (nSPS) is 18.3. The molecule has 1 atom stereocenters. The molecule has 0 aliphatic heterocycles. The second-order valence-electron chi connectivity index (χ2n) is 4.22. The summed E-state index contributed by atoms with van der Waals surface area (Å²) >= 11 is 3.80. The maximum absolute atomic E-state index is 5.36. The van der Waals surface area contributed by atoms with Gasteiger partial charge in [-0.1, -0.05) is 40.5 Å². The first-order chi connectivity index (χ1) is 7.31. The molecule has 0 saturated heterocycles. The summed E-state index contributed by atoms with van der Waals surface area (Å²) in [4.78, 5) is 0.613. The summed E-state index contributed by atoms with van der Waals surface area (Å²) in [6.07, 6.45) is 5.24. The van der Waals surface area contributed by atoms with Crippen LogP contribution in [0.15, 0.2) is 24.3 Å². The zero-order chi connectivity index (χ0) is 10.7. The van der Waals surface area contributed by atoms with E-state index in [4.69, 9.17) is 4.74 Å². The highest BCUT2D eigenvalue weighted by molar-refractivity contribution is 9.09. The van der Waals surface area contributed by atoms with Gasteiger partial charge in [-0.3, -0.25) is 0 Å². The Hall–Kier alpha value is -0.500. The van der Waals surface area contributed by atoms with Gasteiger partial charge in [0.15, 0.2) is 0 Å². The molecule has 0 bridgehead atoms. The van der Waals surface area contributed by atoms with Gasteiger partial charge in [0, 0.05) is 4.83 Å². The number of para-hydroxylation sites is 1. The lowest BCUT2D eigenvalue weighted by Crippen LogP contribution is -2.23. The van der Waals surface area contributed by atoms with Crippen LogP contribution < -0.4 is 4.74 Å². The maximum atomic E-state index is 5.36. The van der Waals surface area contributed by atoms with Crippen molar-refractivity contribution in [2.45, 2.75) is 30.5 Å². The van der Waals surface area contributed by atoms with Gasteiger partial charge in [0.1, 0.15) is 5.75 Å². The van der Waals surface area contributed by atoms with Crippen molar-refractivity contribution in [3.8, 4) is 5.75 Å². The highest BCUT2D eigenvalue weighted by atomic mass is 79.9. The van der Waals surface area contributed by atoms with Crippen molar-refractivity contribution < 1.29 is 4.74 Å². The maximum Gasteiger partial charge on any atom is 0.122 e. The number of rotatable bonds is 4. The molecule has 1 aromatic rings. The summed E-state index contributed by atoms with van der Waals surface area (Å²) in [6, 6.07) is 8.30. The molecule has 0 N–H and O–H groups in total. The van der Waals surface area contributed by atoms with Crippen LogP contribution in [0.5, 0.6) is 5.75 Å². The standard InChI is InChI=1S/C13H17BrO/c1-15-13-8-3-2-5-11(13)9-12(14)10-6-4-7-10/h2-3,5,8,10,12H,4,6-7,9H2,1H3. The van der Waals surface area contributed by atoms with E-state index in [1.165, 1.54) is 24.8 Å². The second-order valence-corrected chi connectivity index (χ2v) is 5.40. The van der Waals surface area contributed by atoms with E-state index in [9.17, 15) is 0 Å². The molecule has 82 valence electrons. The van der Waals surface area contributed by atoms with Gasteiger partial charge in [-0.2, -0.15) is 0 Å². The molecule has 1 aliphatic rings. The van der Waals surface area contributed by atoms with Crippen LogP contribution in [0.2, 0.25) is 0 Å². The molecule has 0 heterocycles. The average molecular weight is 269 g/mol. The van der Waals surface area contributed by atoms with E-state index in [1.54, 1.807) is 7.11 Å². The molecular weight excluding hydrogens is 252 g/mol. The second kappa shape index (κ2) is 5.02. The number of alkyl halides is 1. The van der Waals surface area contributed by atoms with Crippen LogP contribution in [-0.4, -0.2) is 11.9 Å². The Morgan fingerprint density at radius 2 is 2.13 bits per heavy atom. The lowest BCUT2D eigenvalue weighted by molar-refractivity contribution is 0.307. The zero-order valence-electron chi connectivity index (χ0n) is 9.08. The third-order valence-corrected chi connectivity index (χ3v) is 4.34. The number of hydrogen-bond donors (Lipinski definition) is 0. The quantitative estimate of drug-likeness (QED) is 0.755. The van der Waals surface area contributed by atoms with Gasteiger partial charge in [-0.05, 0) is 36.8 Å². The molecule has 0 aromatic heterocycles. The van der Waals surface area contributed by atoms with E-state index in [0.29, 0.717) is 4.83 Å². The minimum absolute atomic E-state index is 0.613. The Kier molecular flexibility index (Phi) is 3.68. The predicted octanol–water partition coefficient (Wildman–Crippen LogP) is 3.80. The van der Waals surface area contributed by atoms with Gasteiger partial charge < -0.3 is 4.74 Å². The highest BCUT2D eigenvalue weighted by Crippen LogP contribution is 2.36. The fraction of sp³-hybridized carbons (Fsp3) is 0.538. The van der Waals surface area contributed by atoms with Crippen molar-refractivity contribution >= 4 is 15.9 Å². The van der Waals surface area contributed by atoms with Crippen LogP contribution in [0.3, 0.4) is 0 Å². The smallest absolute Gasteiger partial charge is 0.122 e. The topological polar surface area (TPSA) is 9.23 Å². The summed E-state index contributed by atoms with van der Waals surface area (Å²) in [7, 11) is 1.74. The highest BCUT2D eigenvalue weighted by Gasteiger charge is 2.25. The molecule has 2 rings (SSSR count). The zero-order valence-corrected chi connectivity index (χ0v) is 10.7. The third-order valence-electron chi connectivity index (χ3n) is 3.27. The number of benzene rings is 1. The van der Waals surface area contributed by atoms with Crippen molar-refractivity contribution in [1.29, 1.82) is 0 Å². The van der Waals surface area contributed by atoms with Gasteiger partial charge in [-0.25, -0.2) is 0 Å². The number of halogens is 1. The molecule has 0 radical (unpaired) electrons. The minimum atomic E-state index is 0.613. The van der Waals surface area contributed by atoms with Crippen LogP contribution in [-0.2, 0) is 6.42 Å². The molecule has 1 aromatic carbocycles. The van der Waals surface area contributed by atoms with E-state index in [1.807, 2.05) is 12.1 Å². The van der Waals surface area contributed by atoms with E-state index in [-0.39, 0.29) is 0 Å². The Morgan fingerprint density at radius 3 is 2.73 bits per heavy atom. The van der Waals surface area contributed by atoms with Crippen molar-refractivity contribution in [3.63, 3.8) is 0 Å². The fourth-order valence-corrected chi connectivity index (χ4v) is 2.93. The Bertz CT molecular complexity index is 320. The lowest BCUT2D eigenvalue weighted by Gasteiger charge is -2.30. The molecule has 1 aliphatic carbocycles. The van der Waals surface area contributed by atoms with Crippen molar-refractivity contribution in [2.75, 3.05) is 7.11 Å². The van der Waals surface area contributed by atoms with Crippen molar-refractivity contribution in [1.82, 2.24) is 0 Å². The summed E-state index contributed by atoms with van der Waals surface area (Å²) in [5.74, 6) is 1.89. The first kappa shape index (κ1) is 11.0. The summed E-state index contributed by atoms with van der Waals surface area (Å²) < 4.78 is 5.36. The van der Waals surface area contributed by atoms with Gasteiger partial charge in [0.2, 0.25) is 0 Å². The average Bonchev–Trinajstić information content (AvgIpc) is 2.15. The number of methoxy groups -OCH3 is 1. The van der Waals surface area contributed by atoms with Crippen LogP contribution >= 0.6 is 15.9 Å². The summed E-state index contributed by atoms with van der Waals surface area (Å²) in [5.41, 5.74) is 1.31. The monoisotopic (exact) mass is 268 g/mol. The van der Waals surface area contributed by atoms with Crippen LogP contribution in [0.1, 0.15) is 24.8 Å². The molecular formula is C13H17BrO. The Balaban J connectivity index is 2.02. The minimum Gasteiger partial charge on any atom is -0.496 e. The van der Waals surface area contributed by atoms with E-state index in [0.717, 1.165) is 18.1 Å². The molecule has 1 nitrogen and oxygen atoms in total. The third kappa shape index (κ3) is 2.54. The number of ether oxygens (including phenoxy) is 1. The van der Waals surface area contributed by atoms with Crippen LogP contribution in [0, 0.1) is 5.92 Å². The SMILES string of the molecule is COc1ccccc1CC(Br)C1CCC1. The first-order valence-corrected chi connectivity index (χ1v) is 6.49. The van der Waals surface area contributed by atoms with Gasteiger partial charge in [0.25, 0.3) is 0 Å². The van der Waals surface area contributed by atoms with Gasteiger partial charge >= 0.3 is 0 Å². The molecule has 1 saturated carbocycles. The van der Waals surface area contributed by atoms with Crippen LogP contribution in [0.25, 0.3) is 0 Å². The summed E-state index contributed by atoms with van der Waals surface area (Å²) in [5, 5.41) is 0. The molecule has 15 heavy (non-hydrogen) atoms. The predicted molar refractivity (Wildman–Crippen MR) is 66.8 cm³/mol. The van der Waals surface area contributed by atoms with Crippen LogP contribution in [0.4, 0.5) is 0 Å². The van der Waals surface area contributed by atoms with Gasteiger partial charge in [-0.15, -0.1) is 0 Å². The first-order valence-electron chi connectivity index (χ1n) is 5.57. The molecule has 1 fully saturated rings. The van der Waals surface area contributed by atoms with Gasteiger partial charge in [0.05, 0.1) is 7.11 Å². The van der Waals surface area contributed by atoms with Crippen molar-refractivity contribution in [2.24, 2.45) is 5.92 Å². The van der Waals surface area contributed by atoms with E-state index in [2.05, 4.69) is 28.1 Å². The molecule has 0 spiro atoms. The fourth-order valence-electron chi connectivity index (χ4n) is 2.05. The van der Waals surface area contributed by atoms with E-state index >= 15 is 0 Å². The largest absolute Gasteiger partial charge is 0.496 e. The van der Waals surface area contributed by atoms with Crippen molar-refractivity contribution in [3.05, 3.63) is 29.8 Å². The molecule has 2 heteroatoms.